The van der Waals surface area contributed by atoms with E-state index in [9.17, 15) is 4.39 Å². The Morgan fingerprint density at radius 3 is 2.59 bits per heavy atom. The first kappa shape index (κ1) is 21.9. The first-order chi connectivity index (χ1) is 16.3. The molecule has 0 unspecified atom stereocenters. The highest BCUT2D eigenvalue weighted by Crippen LogP contribution is 2.47. The largest absolute Gasteiger partial charge is 0.348 e. The van der Waals surface area contributed by atoms with Gasteiger partial charge in [0.15, 0.2) is 22.4 Å². The number of fused-ring (bicyclic) bond motifs is 4. The van der Waals surface area contributed by atoms with Gasteiger partial charge in [-0.3, -0.25) is 0 Å². The Kier molecular flexibility index (Phi) is 4.94. The highest BCUT2D eigenvalue weighted by Gasteiger charge is 2.52. The number of piperidine rings is 1. The second-order valence-corrected chi connectivity index (χ2v) is 11.1. The minimum Gasteiger partial charge on any atom is -0.348 e. The number of rotatable bonds is 5. The number of aromatic nitrogens is 5. The van der Waals surface area contributed by atoms with Crippen LogP contribution < -0.4 is 10.2 Å². The lowest BCUT2D eigenvalue weighted by molar-refractivity contribution is 0.172. The van der Waals surface area contributed by atoms with Crippen LogP contribution in [-0.4, -0.2) is 48.5 Å². The lowest BCUT2D eigenvalue weighted by Crippen LogP contribution is -2.60. The molecule has 6 heterocycles. The van der Waals surface area contributed by atoms with E-state index in [-0.39, 0.29) is 16.9 Å². The van der Waals surface area contributed by atoms with Crippen LogP contribution >= 0.6 is 11.3 Å². The van der Waals surface area contributed by atoms with Gasteiger partial charge in [-0.2, -0.15) is 0 Å². The molecule has 2 fully saturated rings. The number of nitrogens with one attached hydrogen (secondary N) is 1. The van der Waals surface area contributed by atoms with E-state index < -0.39 is 0 Å². The molecule has 0 aromatic carbocycles. The van der Waals surface area contributed by atoms with E-state index in [0.29, 0.717) is 23.1 Å². The third-order valence-electron chi connectivity index (χ3n) is 8.09. The summed E-state index contributed by atoms with van der Waals surface area (Å²) in [6.45, 7) is 6.46. The Labute approximate surface area is 202 Å². The molecule has 0 radical (unpaired) electrons. The molecule has 7 nitrogen and oxygen atoms in total. The van der Waals surface area contributed by atoms with Gasteiger partial charge < -0.3 is 14.6 Å². The molecule has 9 heteroatoms. The van der Waals surface area contributed by atoms with Crippen molar-refractivity contribution < 1.29 is 4.39 Å². The van der Waals surface area contributed by atoms with Gasteiger partial charge in [0.1, 0.15) is 10.3 Å². The molecule has 178 valence electrons. The average Bonchev–Trinajstić information content (AvgIpc) is 3.51. The van der Waals surface area contributed by atoms with Crippen molar-refractivity contribution in [3.63, 3.8) is 0 Å². The Morgan fingerprint density at radius 2 is 1.88 bits per heavy atom. The van der Waals surface area contributed by atoms with Gasteiger partial charge in [0.25, 0.3) is 0 Å². The van der Waals surface area contributed by atoms with Crippen molar-refractivity contribution >= 4 is 32.5 Å². The summed E-state index contributed by atoms with van der Waals surface area (Å²) in [5.74, 6) is 0.113. The zero-order valence-corrected chi connectivity index (χ0v) is 20.9. The third-order valence-corrected chi connectivity index (χ3v) is 9.15. The van der Waals surface area contributed by atoms with Gasteiger partial charge in [-0.05, 0) is 51.5 Å². The summed E-state index contributed by atoms with van der Waals surface area (Å²) < 4.78 is 16.3. The first-order valence-electron chi connectivity index (χ1n) is 12.1. The Morgan fingerprint density at radius 1 is 1.15 bits per heavy atom. The van der Waals surface area contributed by atoms with Crippen LogP contribution in [0, 0.1) is 12.7 Å². The lowest BCUT2D eigenvalue weighted by Gasteiger charge is -2.47. The number of hydrogen-bond donors (Lipinski definition) is 1. The summed E-state index contributed by atoms with van der Waals surface area (Å²) in [6, 6.07) is 1.90. The van der Waals surface area contributed by atoms with Crippen LogP contribution in [0.1, 0.15) is 58.1 Å². The maximum atomic E-state index is 14.6. The first-order valence-corrected chi connectivity index (χ1v) is 13.0. The quantitative estimate of drug-likeness (QED) is 0.428. The zero-order chi connectivity index (χ0) is 23.7. The molecule has 34 heavy (non-hydrogen) atoms. The van der Waals surface area contributed by atoms with Crippen molar-refractivity contribution in [1.82, 2.24) is 29.7 Å². The summed E-state index contributed by atoms with van der Waals surface area (Å²) in [7, 11) is 2.17. The number of aryl methyl sites for hydroxylation is 1. The van der Waals surface area contributed by atoms with Crippen molar-refractivity contribution in [2.75, 3.05) is 11.9 Å². The van der Waals surface area contributed by atoms with Crippen molar-refractivity contribution in [1.29, 1.82) is 0 Å². The summed E-state index contributed by atoms with van der Waals surface area (Å²) in [5, 5.41) is 4.99. The van der Waals surface area contributed by atoms with Crippen LogP contribution in [0.25, 0.3) is 27.4 Å². The van der Waals surface area contributed by atoms with E-state index in [0.717, 1.165) is 46.9 Å². The molecule has 2 aliphatic heterocycles. The van der Waals surface area contributed by atoms with Gasteiger partial charge in [0, 0.05) is 42.1 Å². The smallest absolute Gasteiger partial charge is 0.187 e. The lowest BCUT2D eigenvalue weighted by atomic mass is 9.80. The second kappa shape index (κ2) is 7.68. The van der Waals surface area contributed by atoms with Crippen LogP contribution in [0.4, 0.5) is 9.52 Å². The zero-order valence-electron chi connectivity index (χ0n) is 20.1. The van der Waals surface area contributed by atoms with Crippen LogP contribution in [0.15, 0.2) is 24.7 Å². The standard InChI is InChI=1S/C25H30FN7S/c1-5-24-7-8-25(6-2,31-24)11-17(10-24)32(4)23-29-19-12-27-20(30-22(19)34-23)16-9-18(26)21-28-15(3)13-33(21)14-16/h9,12-14,17,31H,5-8,10-11H2,1-4H3/t17-,24+,25-. The predicted molar refractivity (Wildman–Crippen MR) is 134 cm³/mol. The molecule has 0 amide bonds. The second-order valence-electron chi connectivity index (χ2n) is 10.1. The number of pyridine rings is 1. The molecule has 1 N–H and O–H groups in total. The van der Waals surface area contributed by atoms with Crippen molar-refractivity contribution in [3.05, 3.63) is 36.2 Å². The maximum Gasteiger partial charge on any atom is 0.187 e. The minimum absolute atomic E-state index is 0.241. The average molecular weight is 480 g/mol. The van der Waals surface area contributed by atoms with Crippen molar-refractivity contribution in [2.45, 2.75) is 76.4 Å². The molecular weight excluding hydrogens is 449 g/mol. The van der Waals surface area contributed by atoms with Gasteiger partial charge in [-0.15, -0.1) is 0 Å². The van der Waals surface area contributed by atoms with E-state index in [1.807, 2.05) is 13.1 Å². The van der Waals surface area contributed by atoms with Crippen LogP contribution in [-0.2, 0) is 0 Å². The fourth-order valence-electron chi connectivity index (χ4n) is 6.01. The molecule has 4 aromatic heterocycles. The number of nitrogens with zero attached hydrogens (tertiary/aromatic N) is 6. The fourth-order valence-corrected chi connectivity index (χ4v) is 6.96. The molecule has 3 atom stereocenters. The number of imidazole rings is 1. The molecule has 6 rings (SSSR count). The number of hydrogen-bond acceptors (Lipinski definition) is 7. The van der Waals surface area contributed by atoms with E-state index in [4.69, 9.17) is 9.97 Å². The summed E-state index contributed by atoms with van der Waals surface area (Å²) in [4.78, 5) is 21.5. The molecule has 2 saturated heterocycles. The predicted octanol–water partition coefficient (Wildman–Crippen LogP) is 5.13. The van der Waals surface area contributed by atoms with Crippen molar-refractivity contribution in [2.24, 2.45) is 0 Å². The Balaban J connectivity index is 1.32. The number of anilines is 1. The highest BCUT2D eigenvalue weighted by atomic mass is 32.1. The number of halogens is 1. The van der Waals surface area contributed by atoms with Crippen LogP contribution in [0.3, 0.4) is 0 Å². The minimum atomic E-state index is -0.380. The molecule has 4 aromatic rings. The van der Waals surface area contributed by atoms with Gasteiger partial charge in [0.05, 0.1) is 11.9 Å². The molecule has 2 bridgehead atoms. The van der Waals surface area contributed by atoms with Gasteiger partial charge in [-0.1, -0.05) is 25.2 Å². The monoisotopic (exact) mass is 479 g/mol. The molecule has 0 aliphatic carbocycles. The number of thiazole rings is 1. The van der Waals surface area contributed by atoms with Gasteiger partial charge in [0.2, 0.25) is 0 Å². The third kappa shape index (κ3) is 3.40. The van der Waals surface area contributed by atoms with E-state index in [1.165, 1.54) is 18.9 Å². The van der Waals surface area contributed by atoms with Gasteiger partial charge in [-0.25, -0.2) is 24.3 Å². The SMILES string of the molecule is CC[C@]12CC[C@](CC)(C[C@H](N(C)c3nc4cnc(-c5cc(F)c6nc(C)cn6c5)nc4s3)C1)N2. The molecule has 2 aliphatic rings. The Bertz CT molecular complexity index is 1380. The summed E-state index contributed by atoms with van der Waals surface area (Å²) >= 11 is 1.59. The van der Waals surface area contributed by atoms with E-state index >= 15 is 0 Å². The van der Waals surface area contributed by atoms with Crippen LogP contribution in [0.2, 0.25) is 0 Å². The molecular formula is C25H30FN7S. The highest BCUT2D eigenvalue weighted by molar-refractivity contribution is 7.21. The fraction of sp³-hybridized carbons (Fsp3) is 0.520. The maximum absolute atomic E-state index is 14.6. The van der Waals surface area contributed by atoms with E-state index in [2.05, 4.69) is 41.1 Å². The normalized spacial score (nSPS) is 26.6. The molecule has 0 spiro atoms. The topological polar surface area (TPSA) is 71.2 Å². The van der Waals surface area contributed by atoms with Crippen molar-refractivity contribution in [3.8, 4) is 11.4 Å². The summed E-state index contributed by atoms with van der Waals surface area (Å²) in [5.41, 5.74) is 2.97. The van der Waals surface area contributed by atoms with E-state index in [1.54, 1.807) is 28.1 Å². The summed E-state index contributed by atoms with van der Waals surface area (Å²) in [6.07, 6.45) is 12.5. The Hall–Kier alpha value is -2.65. The van der Waals surface area contributed by atoms with Crippen LogP contribution in [0.5, 0.6) is 0 Å². The van der Waals surface area contributed by atoms with Gasteiger partial charge >= 0.3 is 0 Å². The molecule has 0 saturated carbocycles.